The molecule has 2 aromatic carbocycles. The first kappa shape index (κ1) is 18.8. The molecule has 0 radical (unpaired) electrons. The Bertz CT molecular complexity index is 961. The van der Waals surface area contributed by atoms with Gasteiger partial charge in [0.25, 0.3) is 5.91 Å². The molecule has 0 aliphatic rings. The fourth-order valence-corrected chi connectivity index (χ4v) is 2.49. The minimum absolute atomic E-state index is 0.212. The van der Waals surface area contributed by atoms with Gasteiger partial charge in [0.15, 0.2) is 6.10 Å². The molecule has 1 atom stereocenters. The third-order valence-corrected chi connectivity index (χ3v) is 4.40. The molecule has 1 heterocycles. The van der Waals surface area contributed by atoms with Gasteiger partial charge < -0.3 is 10.1 Å². The molecule has 0 fully saturated rings. The number of carbonyl (C=O) groups is 2. The first-order valence-electron chi connectivity index (χ1n) is 7.75. The molecule has 0 unspecified atom stereocenters. The van der Waals surface area contributed by atoms with E-state index in [1.165, 1.54) is 17.9 Å². The van der Waals surface area contributed by atoms with Crippen molar-refractivity contribution in [2.75, 3.05) is 5.32 Å². The Kier molecular flexibility index (Phi) is 5.68. The number of carbonyl (C=O) groups excluding carboxylic acids is 2. The maximum Gasteiger partial charge on any atom is 0.338 e. The number of esters is 1. The summed E-state index contributed by atoms with van der Waals surface area (Å²) in [4.78, 5) is 24.5. The first-order chi connectivity index (χ1) is 13.0. The average Bonchev–Trinajstić information content (AvgIpc) is 3.20. The molecule has 3 rings (SSSR count). The first-order valence-corrected chi connectivity index (χ1v) is 8.50. The monoisotopic (exact) mass is 405 g/mol. The molecule has 1 amide bonds. The SMILES string of the molecule is C[C@@H](OC(=O)c1ccc(-n2cnnn2)cc1)C(=O)Nc1cccc(Cl)c1Cl. The van der Waals surface area contributed by atoms with E-state index in [1.54, 1.807) is 42.5 Å². The lowest BCUT2D eigenvalue weighted by Gasteiger charge is -2.14. The van der Waals surface area contributed by atoms with Crippen molar-refractivity contribution in [1.29, 1.82) is 0 Å². The van der Waals surface area contributed by atoms with E-state index >= 15 is 0 Å². The zero-order valence-electron chi connectivity index (χ0n) is 14.0. The van der Waals surface area contributed by atoms with E-state index in [9.17, 15) is 9.59 Å². The van der Waals surface area contributed by atoms with Gasteiger partial charge >= 0.3 is 5.97 Å². The zero-order chi connectivity index (χ0) is 19.4. The van der Waals surface area contributed by atoms with Crippen LogP contribution in [-0.4, -0.2) is 38.2 Å². The highest BCUT2D eigenvalue weighted by atomic mass is 35.5. The van der Waals surface area contributed by atoms with Crippen LogP contribution in [0.5, 0.6) is 0 Å². The van der Waals surface area contributed by atoms with Crippen molar-refractivity contribution in [1.82, 2.24) is 20.2 Å². The third-order valence-electron chi connectivity index (χ3n) is 3.58. The average molecular weight is 406 g/mol. The summed E-state index contributed by atoms with van der Waals surface area (Å²) in [5.41, 5.74) is 1.30. The van der Waals surface area contributed by atoms with Crippen LogP contribution in [0.25, 0.3) is 5.69 Å². The Morgan fingerprint density at radius 1 is 1.15 bits per heavy atom. The summed E-state index contributed by atoms with van der Waals surface area (Å²) in [5.74, 6) is -1.17. The Hall–Kier alpha value is -2.97. The van der Waals surface area contributed by atoms with Gasteiger partial charge in [0, 0.05) is 0 Å². The van der Waals surface area contributed by atoms with Crippen molar-refractivity contribution in [3.05, 3.63) is 64.4 Å². The fraction of sp³-hybridized carbons (Fsp3) is 0.118. The number of amides is 1. The van der Waals surface area contributed by atoms with Gasteiger partial charge in [-0.1, -0.05) is 29.3 Å². The largest absolute Gasteiger partial charge is 0.449 e. The van der Waals surface area contributed by atoms with E-state index in [4.69, 9.17) is 27.9 Å². The molecule has 8 nitrogen and oxygen atoms in total. The number of aromatic nitrogens is 4. The van der Waals surface area contributed by atoms with Crippen molar-refractivity contribution in [3.63, 3.8) is 0 Å². The van der Waals surface area contributed by atoms with Crippen molar-refractivity contribution in [3.8, 4) is 5.69 Å². The van der Waals surface area contributed by atoms with E-state index in [0.29, 0.717) is 16.4 Å². The lowest BCUT2D eigenvalue weighted by atomic mass is 10.2. The molecule has 1 N–H and O–H groups in total. The molecule has 138 valence electrons. The topological polar surface area (TPSA) is 99.0 Å². The minimum atomic E-state index is -1.04. The lowest BCUT2D eigenvalue weighted by Crippen LogP contribution is -2.30. The number of benzene rings is 2. The number of nitrogens with zero attached hydrogens (tertiary/aromatic N) is 4. The Morgan fingerprint density at radius 3 is 2.56 bits per heavy atom. The van der Waals surface area contributed by atoms with Crippen LogP contribution in [0.15, 0.2) is 48.8 Å². The Morgan fingerprint density at radius 2 is 1.89 bits per heavy atom. The molecule has 0 aliphatic heterocycles. The summed E-state index contributed by atoms with van der Waals surface area (Å²) in [6.45, 7) is 1.46. The van der Waals surface area contributed by atoms with Crippen molar-refractivity contribution in [2.24, 2.45) is 0 Å². The highest BCUT2D eigenvalue weighted by Crippen LogP contribution is 2.29. The molecule has 0 bridgehead atoms. The Labute approximate surface area is 164 Å². The van der Waals surface area contributed by atoms with E-state index in [-0.39, 0.29) is 10.6 Å². The van der Waals surface area contributed by atoms with Gasteiger partial charge in [0.2, 0.25) is 0 Å². The molecular weight excluding hydrogens is 393 g/mol. The highest BCUT2D eigenvalue weighted by Gasteiger charge is 2.20. The van der Waals surface area contributed by atoms with Gasteiger partial charge in [-0.2, -0.15) is 0 Å². The maximum absolute atomic E-state index is 12.2. The van der Waals surface area contributed by atoms with Crippen LogP contribution in [-0.2, 0) is 9.53 Å². The van der Waals surface area contributed by atoms with Crippen LogP contribution in [0.3, 0.4) is 0 Å². The fourth-order valence-electron chi connectivity index (χ4n) is 2.15. The van der Waals surface area contributed by atoms with E-state index < -0.39 is 18.0 Å². The molecule has 0 saturated carbocycles. The number of nitrogens with one attached hydrogen (secondary N) is 1. The molecule has 1 aromatic heterocycles. The second-order valence-electron chi connectivity index (χ2n) is 5.44. The predicted molar refractivity (Wildman–Crippen MR) is 99.1 cm³/mol. The standard InChI is InChI=1S/C17H13Cl2N5O3/c1-10(16(25)21-14-4-2-3-13(18)15(14)19)27-17(26)11-5-7-12(8-6-11)24-9-20-22-23-24/h2-10H,1H3,(H,21,25)/t10-/m1/s1. The molecule has 10 heteroatoms. The molecule has 3 aromatic rings. The summed E-state index contributed by atoms with van der Waals surface area (Å²) < 4.78 is 6.64. The summed E-state index contributed by atoms with van der Waals surface area (Å²) in [5, 5.41) is 13.9. The predicted octanol–water partition coefficient (Wildman–Crippen LogP) is 3.15. The second-order valence-corrected chi connectivity index (χ2v) is 6.22. The number of tetrazole rings is 1. The molecule has 0 saturated heterocycles. The number of anilines is 1. The van der Waals surface area contributed by atoms with Crippen LogP contribution in [0.2, 0.25) is 10.0 Å². The van der Waals surface area contributed by atoms with Crippen molar-refractivity contribution < 1.29 is 14.3 Å². The number of rotatable bonds is 5. The molecule has 0 aliphatic carbocycles. The maximum atomic E-state index is 12.2. The number of ether oxygens (including phenoxy) is 1. The quantitative estimate of drug-likeness (QED) is 0.654. The van der Waals surface area contributed by atoms with Gasteiger partial charge in [0.05, 0.1) is 27.0 Å². The summed E-state index contributed by atoms with van der Waals surface area (Å²) in [7, 11) is 0. The van der Waals surface area contributed by atoms with E-state index in [1.807, 2.05) is 0 Å². The van der Waals surface area contributed by atoms with Crippen LogP contribution < -0.4 is 5.32 Å². The number of halogens is 2. The minimum Gasteiger partial charge on any atom is -0.449 e. The highest BCUT2D eigenvalue weighted by molar-refractivity contribution is 6.44. The van der Waals surface area contributed by atoms with Crippen LogP contribution >= 0.6 is 23.2 Å². The van der Waals surface area contributed by atoms with Crippen LogP contribution in [0, 0.1) is 0 Å². The smallest absolute Gasteiger partial charge is 0.338 e. The summed E-state index contributed by atoms with van der Waals surface area (Å²) in [6, 6.07) is 11.3. The van der Waals surface area contributed by atoms with Crippen molar-refractivity contribution >= 4 is 40.8 Å². The van der Waals surface area contributed by atoms with Crippen LogP contribution in [0.4, 0.5) is 5.69 Å². The van der Waals surface area contributed by atoms with Gasteiger partial charge in [-0.25, -0.2) is 9.48 Å². The lowest BCUT2D eigenvalue weighted by molar-refractivity contribution is -0.123. The van der Waals surface area contributed by atoms with Crippen LogP contribution in [0.1, 0.15) is 17.3 Å². The summed E-state index contributed by atoms with van der Waals surface area (Å²) in [6.07, 6.45) is 0.396. The van der Waals surface area contributed by atoms with Crippen molar-refractivity contribution in [2.45, 2.75) is 13.0 Å². The molecule has 0 spiro atoms. The number of hydrogen-bond donors (Lipinski definition) is 1. The molecule has 27 heavy (non-hydrogen) atoms. The number of hydrogen-bond acceptors (Lipinski definition) is 6. The van der Waals surface area contributed by atoms with Gasteiger partial charge in [-0.15, -0.1) is 5.10 Å². The molecular formula is C17H13Cl2N5O3. The second kappa shape index (κ2) is 8.15. The third kappa shape index (κ3) is 4.42. The van der Waals surface area contributed by atoms with E-state index in [0.717, 1.165) is 0 Å². The summed E-state index contributed by atoms with van der Waals surface area (Å²) >= 11 is 11.9. The van der Waals surface area contributed by atoms with E-state index in [2.05, 4.69) is 20.8 Å². The normalized spacial score (nSPS) is 11.7. The Balaban J connectivity index is 1.63. The van der Waals surface area contributed by atoms with Gasteiger partial charge in [-0.3, -0.25) is 4.79 Å². The van der Waals surface area contributed by atoms with Gasteiger partial charge in [-0.05, 0) is 53.7 Å². The van der Waals surface area contributed by atoms with Gasteiger partial charge in [0.1, 0.15) is 6.33 Å². The zero-order valence-corrected chi connectivity index (χ0v) is 15.5.